The summed E-state index contributed by atoms with van der Waals surface area (Å²) >= 11 is 0. The Balaban J connectivity index is 1.93. The number of aliphatic carboxylic acids is 1. The van der Waals surface area contributed by atoms with Gasteiger partial charge < -0.3 is 15.7 Å². The Labute approximate surface area is 124 Å². The van der Waals surface area contributed by atoms with Gasteiger partial charge in [-0.1, -0.05) is 30.3 Å². The van der Waals surface area contributed by atoms with Crippen LogP contribution in [0.4, 0.5) is 4.79 Å². The molecule has 5 heteroatoms. The van der Waals surface area contributed by atoms with Crippen LogP contribution in [0.5, 0.6) is 0 Å². The van der Waals surface area contributed by atoms with Crippen molar-refractivity contribution in [2.75, 3.05) is 0 Å². The summed E-state index contributed by atoms with van der Waals surface area (Å²) in [5.74, 6) is -0.543. The Morgan fingerprint density at radius 2 is 1.90 bits per heavy atom. The van der Waals surface area contributed by atoms with Gasteiger partial charge in [-0.15, -0.1) is 0 Å². The number of carboxylic acid groups (broad SMARTS) is 1. The minimum absolute atomic E-state index is 0.271. The molecular formula is C16H22N2O3. The Morgan fingerprint density at radius 1 is 1.29 bits per heavy atom. The van der Waals surface area contributed by atoms with Crippen LogP contribution in [0.15, 0.2) is 30.3 Å². The predicted molar refractivity (Wildman–Crippen MR) is 80.0 cm³/mol. The fourth-order valence-electron chi connectivity index (χ4n) is 2.44. The zero-order chi connectivity index (χ0) is 15.5. The molecule has 0 unspecified atom stereocenters. The summed E-state index contributed by atoms with van der Waals surface area (Å²) in [4.78, 5) is 23.3. The van der Waals surface area contributed by atoms with Crippen molar-refractivity contribution < 1.29 is 14.7 Å². The molecule has 21 heavy (non-hydrogen) atoms. The van der Waals surface area contributed by atoms with E-state index in [1.54, 1.807) is 0 Å². The maximum absolute atomic E-state index is 12.0. The van der Waals surface area contributed by atoms with Crippen LogP contribution in [0, 0.1) is 5.92 Å². The van der Waals surface area contributed by atoms with Gasteiger partial charge in [-0.2, -0.15) is 0 Å². The molecule has 1 aliphatic carbocycles. The molecule has 0 spiro atoms. The van der Waals surface area contributed by atoms with Crippen molar-refractivity contribution in [3.63, 3.8) is 0 Å². The Hall–Kier alpha value is -2.04. The van der Waals surface area contributed by atoms with Crippen molar-refractivity contribution >= 4 is 12.0 Å². The second-order valence-electron chi connectivity index (χ2n) is 6.17. The Morgan fingerprint density at radius 3 is 2.43 bits per heavy atom. The van der Waals surface area contributed by atoms with Crippen molar-refractivity contribution in [2.45, 2.75) is 44.7 Å². The fourth-order valence-corrected chi connectivity index (χ4v) is 2.44. The van der Waals surface area contributed by atoms with Crippen molar-refractivity contribution in [1.82, 2.24) is 10.6 Å². The van der Waals surface area contributed by atoms with Crippen LogP contribution in [0.25, 0.3) is 0 Å². The van der Waals surface area contributed by atoms with Crippen molar-refractivity contribution in [3.8, 4) is 0 Å². The predicted octanol–water partition coefficient (Wildman–Crippen LogP) is 2.17. The molecule has 5 nitrogen and oxygen atoms in total. The summed E-state index contributed by atoms with van der Waals surface area (Å²) in [6.45, 7) is 3.94. The van der Waals surface area contributed by atoms with Gasteiger partial charge in [0.05, 0.1) is 0 Å². The van der Waals surface area contributed by atoms with E-state index in [0.717, 1.165) is 18.4 Å². The average molecular weight is 290 g/mol. The van der Waals surface area contributed by atoms with Gasteiger partial charge in [0.1, 0.15) is 6.04 Å². The molecule has 1 atom stereocenters. The number of hydrogen-bond donors (Lipinski definition) is 3. The molecule has 0 saturated heterocycles. The smallest absolute Gasteiger partial charge is 0.326 e. The first-order chi connectivity index (χ1) is 9.88. The van der Waals surface area contributed by atoms with Gasteiger partial charge in [-0.05, 0) is 38.2 Å². The summed E-state index contributed by atoms with van der Waals surface area (Å²) in [5.41, 5.74) is 0.589. The minimum Gasteiger partial charge on any atom is -0.480 e. The number of hydrogen-bond acceptors (Lipinski definition) is 2. The van der Waals surface area contributed by atoms with E-state index in [2.05, 4.69) is 10.6 Å². The lowest BCUT2D eigenvalue weighted by Gasteiger charge is -2.27. The van der Waals surface area contributed by atoms with Crippen LogP contribution in [-0.4, -0.2) is 28.7 Å². The molecule has 0 aliphatic heterocycles. The van der Waals surface area contributed by atoms with Crippen molar-refractivity contribution in [1.29, 1.82) is 0 Å². The summed E-state index contributed by atoms with van der Waals surface area (Å²) in [6.07, 6.45) is 2.49. The monoisotopic (exact) mass is 290 g/mol. The summed E-state index contributed by atoms with van der Waals surface area (Å²) in [6, 6.07) is 7.93. The number of amides is 2. The fraction of sp³-hybridized carbons (Fsp3) is 0.500. The quantitative estimate of drug-likeness (QED) is 0.751. The molecule has 0 bridgehead atoms. The molecular weight excluding hydrogens is 268 g/mol. The summed E-state index contributed by atoms with van der Waals surface area (Å²) in [5, 5.41) is 14.7. The van der Waals surface area contributed by atoms with Crippen LogP contribution >= 0.6 is 0 Å². The van der Waals surface area contributed by atoms with Crippen LogP contribution in [-0.2, 0) is 11.2 Å². The summed E-state index contributed by atoms with van der Waals surface area (Å²) < 4.78 is 0. The molecule has 0 radical (unpaired) electrons. The van der Waals surface area contributed by atoms with E-state index in [1.165, 1.54) is 0 Å². The number of rotatable bonds is 6. The van der Waals surface area contributed by atoms with Crippen LogP contribution in [0.3, 0.4) is 0 Å². The maximum atomic E-state index is 12.0. The third kappa shape index (κ3) is 4.48. The van der Waals surface area contributed by atoms with Crippen LogP contribution < -0.4 is 10.6 Å². The largest absolute Gasteiger partial charge is 0.480 e. The standard InChI is InChI=1S/C16H22N2O3/c1-16(2,12-8-9-12)18-15(21)17-13(14(19)20)10-11-6-4-3-5-7-11/h3-7,12-13H,8-10H2,1-2H3,(H,19,20)(H2,17,18,21)/t13-/m1/s1. The minimum atomic E-state index is -1.03. The van der Waals surface area contributed by atoms with Crippen molar-refractivity contribution in [2.24, 2.45) is 5.92 Å². The molecule has 2 amide bonds. The number of benzene rings is 1. The van der Waals surface area contributed by atoms with Gasteiger partial charge in [-0.3, -0.25) is 0 Å². The number of carboxylic acids is 1. The third-order valence-corrected chi connectivity index (χ3v) is 3.92. The lowest BCUT2D eigenvalue weighted by atomic mass is 9.99. The van der Waals surface area contributed by atoms with Gasteiger partial charge >= 0.3 is 12.0 Å². The molecule has 0 aromatic heterocycles. The third-order valence-electron chi connectivity index (χ3n) is 3.92. The summed E-state index contributed by atoms with van der Waals surface area (Å²) in [7, 11) is 0. The van der Waals surface area contributed by atoms with E-state index in [0.29, 0.717) is 5.92 Å². The second kappa shape index (κ2) is 6.16. The number of nitrogens with one attached hydrogen (secondary N) is 2. The highest BCUT2D eigenvalue weighted by Gasteiger charge is 2.39. The maximum Gasteiger partial charge on any atom is 0.326 e. The zero-order valence-electron chi connectivity index (χ0n) is 12.4. The van der Waals surface area contributed by atoms with E-state index in [9.17, 15) is 14.7 Å². The van der Waals surface area contributed by atoms with Crippen LogP contribution in [0.2, 0.25) is 0 Å². The molecule has 1 aliphatic rings. The number of urea groups is 1. The van der Waals surface area contributed by atoms with E-state index in [4.69, 9.17) is 0 Å². The van der Waals surface area contributed by atoms with Gasteiger partial charge in [0.15, 0.2) is 0 Å². The van der Waals surface area contributed by atoms with Gasteiger partial charge in [0.2, 0.25) is 0 Å². The topological polar surface area (TPSA) is 78.4 Å². The number of carbonyl (C=O) groups is 2. The molecule has 114 valence electrons. The molecule has 1 saturated carbocycles. The molecule has 0 heterocycles. The second-order valence-corrected chi connectivity index (χ2v) is 6.17. The average Bonchev–Trinajstić information content (AvgIpc) is 3.23. The lowest BCUT2D eigenvalue weighted by Crippen LogP contribution is -2.54. The first-order valence-electron chi connectivity index (χ1n) is 7.24. The van der Waals surface area contributed by atoms with Gasteiger partial charge in [-0.25, -0.2) is 9.59 Å². The highest BCUT2D eigenvalue weighted by Crippen LogP contribution is 2.39. The first kappa shape index (κ1) is 15.4. The van der Waals surface area contributed by atoms with Crippen LogP contribution in [0.1, 0.15) is 32.3 Å². The van der Waals surface area contributed by atoms with Gasteiger partial charge in [0, 0.05) is 12.0 Å². The van der Waals surface area contributed by atoms with Gasteiger partial charge in [0.25, 0.3) is 0 Å². The lowest BCUT2D eigenvalue weighted by molar-refractivity contribution is -0.139. The van der Waals surface area contributed by atoms with E-state index in [-0.39, 0.29) is 12.0 Å². The SMILES string of the molecule is CC(C)(NC(=O)N[C@H](Cc1ccccc1)C(=O)O)C1CC1. The first-order valence-corrected chi connectivity index (χ1v) is 7.24. The number of carbonyl (C=O) groups excluding carboxylic acids is 1. The normalized spacial score (nSPS) is 16.1. The Kier molecular flexibility index (Phi) is 4.50. The molecule has 1 aromatic rings. The highest BCUT2D eigenvalue weighted by atomic mass is 16.4. The zero-order valence-corrected chi connectivity index (χ0v) is 12.4. The molecule has 1 fully saturated rings. The van der Waals surface area contributed by atoms with E-state index < -0.39 is 18.0 Å². The molecule has 1 aromatic carbocycles. The van der Waals surface area contributed by atoms with E-state index >= 15 is 0 Å². The Bertz CT molecular complexity index is 510. The van der Waals surface area contributed by atoms with E-state index in [1.807, 2.05) is 44.2 Å². The molecule has 2 rings (SSSR count). The highest BCUT2D eigenvalue weighted by molar-refractivity contribution is 5.83. The van der Waals surface area contributed by atoms with Crippen molar-refractivity contribution in [3.05, 3.63) is 35.9 Å². The molecule has 3 N–H and O–H groups in total.